The van der Waals surface area contributed by atoms with Crippen LogP contribution in [0.3, 0.4) is 0 Å². The molecule has 0 radical (unpaired) electrons. The van der Waals surface area contributed by atoms with Gasteiger partial charge in [-0.05, 0) is 19.3 Å². The molecular weight excluding hydrogens is 226 g/mol. The van der Waals surface area contributed by atoms with Gasteiger partial charge in [-0.1, -0.05) is 6.42 Å². The lowest BCUT2D eigenvalue weighted by Gasteiger charge is -2.30. The molecule has 0 aromatic rings. The molecule has 1 aliphatic heterocycles. The van der Waals surface area contributed by atoms with Crippen LogP contribution in [-0.2, 0) is 13.8 Å². The topological polar surface area (TPSA) is 63.2 Å². The Bertz CT molecular complexity index is 367. The highest BCUT2D eigenvalue weighted by atomic mass is 35.7. The first-order valence-electron chi connectivity index (χ1n) is 4.65. The molecule has 2 fully saturated rings. The van der Waals surface area contributed by atoms with E-state index in [0.717, 1.165) is 19.3 Å². The van der Waals surface area contributed by atoms with Crippen LogP contribution in [0, 0.1) is 5.92 Å². The van der Waals surface area contributed by atoms with Crippen molar-refractivity contribution in [1.82, 2.24) is 5.32 Å². The Kier molecular flexibility index (Phi) is 2.27. The molecule has 1 amide bonds. The molecule has 2 rings (SSSR count). The Hall–Kier alpha value is -0.290. The molecule has 6 heteroatoms. The van der Waals surface area contributed by atoms with Crippen LogP contribution in [0.15, 0.2) is 0 Å². The maximum atomic E-state index is 11.4. The van der Waals surface area contributed by atoms with Gasteiger partial charge in [-0.2, -0.15) is 0 Å². The summed E-state index contributed by atoms with van der Waals surface area (Å²) in [7, 11) is 1.69. The smallest absolute Gasteiger partial charge is 0.234 e. The Balaban J connectivity index is 2.21. The molecule has 0 aromatic heterocycles. The number of hydrogen-bond donors (Lipinski definition) is 1. The van der Waals surface area contributed by atoms with E-state index in [1.54, 1.807) is 0 Å². The van der Waals surface area contributed by atoms with Gasteiger partial charge in [0.2, 0.25) is 15.0 Å². The lowest BCUT2D eigenvalue weighted by atomic mass is 9.81. The first-order chi connectivity index (χ1) is 6.40. The second-order valence-corrected chi connectivity index (χ2v) is 7.02. The predicted octanol–water partition coefficient (Wildman–Crippen LogP) is 0.614. The van der Waals surface area contributed by atoms with Gasteiger partial charge in [0.25, 0.3) is 0 Å². The number of nitrogens with one attached hydrogen (secondary N) is 1. The monoisotopic (exact) mass is 237 g/mol. The van der Waals surface area contributed by atoms with Crippen LogP contribution in [0.4, 0.5) is 0 Å². The van der Waals surface area contributed by atoms with Crippen LogP contribution in [0.1, 0.15) is 25.7 Å². The molecule has 1 saturated heterocycles. The zero-order chi connectivity index (χ0) is 10.4. The van der Waals surface area contributed by atoms with E-state index >= 15 is 0 Å². The number of carbonyl (C=O) groups excluding carboxylic acids is 1. The molecular formula is C8H12ClNO3S. The van der Waals surface area contributed by atoms with Gasteiger partial charge in [0.1, 0.15) is 0 Å². The highest BCUT2D eigenvalue weighted by molar-refractivity contribution is 8.13. The Morgan fingerprint density at radius 3 is 2.93 bits per heavy atom. The fourth-order valence-electron chi connectivity index (χ4n) is 2.56. The third kappa shape index (κ3) is 1.88. The van der Waals surface area contributed by atoms with Gasteiger partial charge in [0.05, 0.1) is 11.3 Å². The summed E-state index contributed by atoms with van der Waals surface area (Å²) in [6.45, 7) is 0. The van der Waals surface area contributed by atoms with Crippen molar-refractivity contribution < 1.29 is 13.2 Å². The number of carbonyl (C=O) groups is 1. The van der Waals surface area contributed by atoms with Gasteiger partial charge in [-0.25, -0.2) is 8.42 Å². The number of halogens is 1. The second kappa shape index (κ2) is 3.10. The Labute approximate surface area is 87.4 Å². The SMILES string of the molecule is O=C1NC2(CS(=O)(=O)Cl)CCCC1C2. The Morgan fingerprint density at radius 2 is 2.29 bits per heavy atom. The van der Waals surface area contributed by atoms with Crippen LogP contribution in [0.5, 0.6) is 0 Å². The van der Waals surface area contributed by atoms with E-state index in [-0.39, 0.29) is 17.6 Å². The summed E-state index contributed by atoms with van der Waals surface area (Å²) in [4.78, 5) is 11.4. The fraction of sp³-hybridized carbons (Fsp3) is 0.875. The first kappa shape index (κ1) is 10.2. The third-order valence-electron chi connectivity index (χ3n) is 3.05. The van der Waals surface area contributed by atoms with Crippen molar-refractivity contribution in [3.63, 3.8) is 0 Å². The number of rotatable bonds is 2. The van der Waals surface area contributed by atoms with Crippen molar-refractivity contribution >= 4 is 25.6 Å². The van der Waals surface area contributed by atoms with E-state index in [9.17, 15) is 13.2 Å². The first-order valence-corrected chi connectivity index (χ1v) is 7.12. The van der Waals surface area contributed by atoms with E-state index < -0.39 is 14.6 Å². The maximum absolute atomic E-state index is 11.4. The van der Waals surface area contributed by atoms with Gasteiger partial charge >= 0.3 is 0 Å². The lowest BCUT2D eigenvalue weighted by Crippen LogP contribution is -2.46. The molecule has 2 unspecified atom stereocenters. The molecule has 0 aromatic carbocycles. The van der Waals surface area contributed by atoms with Gasteiger partial charge < -0.3 is 5.32 Å². The van der Waals surface area contributed by atoms with Crippen molar-refractivity contribution in [3.8, 4) is 0 Å². The van der Waals surface area contributed by atoms with E-state index in [4.69, 9.17) is 10.7 Å². The maximum Gasteiger partial charge on any atom is 0.234 e. The average molecular weight is 238 g/mol. The summed E-state index contributed by atoms with van der Waals surface area (Å²) < 4.78 is 22.0. The van der Waals surface area contributed by atoms with Gasteiger partial charge in [0.15, 0.2) is 0 Å². The third-order valence-corrected chi connectivity index (χ3v) is 4.28. The normalized spacial score (nSPS) is 36.9. The van der Waals surface area contributed by atoms with Gasteiger partial charge in [-0.15, -0.1) is 0 Å². The minimum absolute atomic E-state index is 0.00201. The summed E-state index contributed by atoms with van der Waals surface area (Å²) in [6, 6.07) is 0. The molecule has 1 saturated carbocycles. The molecule has 1 aliphatic carbocycles. The van der Waals surface area contributed by atoms with Crippen molar-refractivity contribution in [3.05, 3.63) is 0 Å². The quantitative estimate of drug-likeness (QED) is 0.716. The molecule has 2 atom stereocenters. The zero-order valence-corrected chi connectivity index (χ0v) is 9.20. The van der Waals surface area contributed by atoms with Crippen molar-refractivity contribution in [2.24, 2.45) is 5.92 Å². The summed E-state index contributed by atoms with van der Waals surface area (Å²) in [6.07, 6.45) is 3.12. The van der Waals surface area contributed by atoms with Crippen LogP contribution < -0.4 is 5.32 Å². The second-order valence-electron chi connectivity index (χ2n) is 4.25. The number of fused-ring (bicyclic) bond motifs is 2. The summed E-state index contributed by atoms with van der Waals surface area (Å²) in [5.41, 5.74) is -0.569. The molecule has 0 spiro atoms. The summed E-state index contributed by atoms with van der Waals surface area (Å²) >= 11 is 0. The standard InChI is InChI=1S/C8H12ClNO3S/c9-14(12,13)5-8-3-1-2-6(4-8)7(11)10-8/h6H,1-5H2,(H,10,11). The molecule has 4 nitrogen and oxygen atoms in total. The van der Waals surface area contributed by atoms with E-state index in [2.05, 4.69) is 5.32 Å². The Morgan fingerprint density at radius 1 is 1.57 bits per heavy atom. The van der Waals surface area contributed by atoms with Gasteiger partial charge in [-0.3, -0.25) is 4.79 Å². The highest BCUT2D eigenvalue weighted by Gasteiger charge is 2.48. The largest absolute Gasteiger partial charge is 0.349 e. The molecule has 1 N–H and O–H groups in total. The number of hydrogen-bond acceptors (Lipinski definition) is 3. The molecule has 14 heavy (non-hydrogen) atoms. The predicted molar refractivity (Wildman–Crippen MR) is 52.5 cm³/mol. The number of amides is 1. The van der Waals surface area contributed by atoms with E-state index in [0.29, 0.717) is 6.42 Å². The van der Waals surface area contributed by atoms with E-state index in [1.807, 2.05) is 0 Å². The van der Waals surface area contributed by atoms with Crippen LogP contribution >= 0.6 is 10.7 Å². The highest BCUT2D eigenvalue weighted by Crippen LogP contribution is 2.39. The minimum Gasteiger partial charge on any atom is -0.349 e. The summed E-state index contributed by atoms with van der Waals surface area (Å²) in [5, 5.41) is 2.78. The molecule has 80 valence electrons. The van der Waals surface area contributed by atoms with Gasteiger partial charge in [0, 0.05) is 16.6 Å². The summed E-state index contributed by atoms with van der Waals surface area (Å²) in [5.74, 6) is -0.144. The van der Waals surface area contributed by atoms with Crippen molar-refractivity contribution in [1.29, 1.82) is 0 Å². The van der Waals surface area contributed by atoms with Crippen molar-refractivity contribution in [2.75, 3.05) is 5.75 Å². The molecule has 1 heterocycles. The molecule has 2 bridgehead atoms. The fourth-order valence-corrected chi connectivity index (χ4v) is 4.18. The van der Waals surface area contributed by atoms with E-state index in [1.165, 1.54) is 0 Å². The minimum atomic E-state index is -3.53. The molecule has 2 aliphatic rings. The van der Waals surface area contributed by atoms with Crippen LogP contribution in [0.25, 0.3) is 0 Å². The van der Waals surface area contributed by atoms with Crippen molar-refractivity contribution in [2.45, 2.75) is 31.2 Å². The average Bonchev–Trinajstić information content (AvgIpc) is 2.19. The lowest BCUT2D eigenvalue weighted by molar-refractivity contribution is -0.122. The zero-order valence-electron chi connectivity index (χ0n) is 7.62. The van der Waals surface area contributed by atoms with Crippen LogP contribution in [0.2, 0.25) is 0 Å². The van der Waals surface area contributed by atoms with Crippen LogP contribution in [-0.4, -0.2) is 25.6 Å².